The zero-order valence-electron chi connectivity index (χ0n) is 12.7. The highest BCUT2D eigenvalue weighted by molar-refractivity contribution is 5.06. The predicted molar refractivity (Wildman–Crippen MR) is 83.6 cm³/mol. The average molecular weight is 272 g/mol. The molecule has 20 heavy (non-hydrogen) atoms. The molecule has 2 saturated carbocycles. The summed E-state index contributed by atoms with van der Waals surface area (Å²) in [7, 11) is 0. The lowest BCUT2D eigenvalue weighted by molar-refractivity contribution is 0.276. The van der Waals surface area contributed by atoms with Crippen LogP contribution in [0.4, 0.5) is 0 Å². The lowest BCUT2D eigenvalue weighted by atomic mass is 9.83. The molecule has 1 N–H and O–H groups in total. The number of rotatable bonds is 7. The molecule has 2 bridgehead atoms. The minimum atomic E-state index is 0.620. The fourth-order valence-electron chi connectivity index (χ4n) is 4.39. The fourth-order valence-corrected chi connectivity index (χ4v) is 4.39. The Balaban J connectivity index is 1.58. The van der Waals surface area contributed by atoms with Crippen molar-refractivity contribution in [3.8, 4) is 0 Å². The number of nitrogens with one attached hydrogen (secondary N) is 1. The molecule has 0 amide bonds. The maximum absolute atomic E-state index is 4.51. The number of aromatic nitrogens is 1. The fraction of sp³-hybridized carbons (Fsp3) is 0.722. The van der Waals surface area contributed by atoms with E-state index in [0.717, 1.165) is 30.7 Å². The summed E-state index contributed by atoms with van der Waals surface area (Å²) < 4.78 is 0. The van der Waals surface area contributed by atoms with Crippen molar-refractivity contribution in [2.24, 2.45) is 17.8 Å². The summed E-state index contributed by atoms with van der Waals surface area (Å²) in [5.74, 6) is 3.08. The van der Waals surface area contributed by atoms with Crippen LogP contribution in [-0.2, 0) is 6.42 Å². The second kappa shape index (κ2) is 6.71. The molecule has 0 aromatic carbocycles. The van der Waals surface area contributed by atoms with Gasteiger partial charge in [-0.3, -0.25) is 4.98 Å². The largest absolute Gasteiger partial charge is 0.314 e. The highest BCUT2D eigenvalue weighted by atomic mass is 14.9. The summed E-state index contributed by atoms with van der Waals surface area (Å²) in [5.41, 5.74) is 1.24. The first-order chi connectivity index (χ1) is 9.85. The van der Waals surface area contributed by atoms with Crippen LogP contribution in [0, 0.1) is 17.8 Å². The number of hydrogen-bond donors (Lipinski definition) is 1. The van der Waals surface area contributed by atoms with Gasteiger partial charge in [-0.15, -0.1) is 0 Å². The summed E-state index contributed by atoms with van der Waals surface area (Å²) in [4.78, 5) is 4.51. The molecular weight excluding hydrogens is 244 g/mol. The maximum atomic E-state index is 4.51. The van der Waals surface area contributed by atoms with Crippen LogP contribution < -0.4 is 5.32 Å². The smallest absolute Gasteiger partial charge is 0.0419 e. The molecule has 0 spiro atoms. The van der Waals surface area contributed by atoms with Gasteiger partial charge in [-0.1, -0.05) is 19.4 Å². The third-order valence-corrected chi connectivity index (χ3v) is 5.34. The number of nitrogens with zero attached hydrogens (tertiary/aromatic N) is 1. The Labute approximate surface area is 123 Å². The van der Waals surface area contributed by atoms with Crippen molar-refractivity contribution in [1.82, 2.24) is 10.3 Å². The molecule has 2 nitrogen and oxygen atoms in total. The Morgan fingerprint density at radius 1 is 1.30 bits per heavy atom. The molecule has 1 heterocycles. The standard InChI is InChI=1S/C18H28N2/c1-2-8-19-18(13-17-5-3-4-9-20-17)12-16-11-14-6-7-15(16)10-14/h3-5,9,14-16,18-19H,2,6-8,10-13H2,1H3. The number of fused-ring (bicyclic) bond motifs is 2. The molecule has 4 unspecified atom stereocenters. The second-order valence-corrected chi connectivity index (χ2v) is 6.85. The Hall–Kier alpha value is -0.890. The van der Waals surface area contributed by atoms with Gasteiger partial charge >= 0.3 is 0 Å². The molecule has 0 saturated heterocycles. The van der Waals surface area contributed by atoms with Crippen LogP contribution in [0.15, 0.2) is 24.4 Å². The van der Waals surface area contributed by atoms with E-state index in [-0.39, 0.29) is 0 Å². The van der Waals surface area contributed by atoms with Gasteiger partial charge in [0, 0.05) is 24.4 Å². The third-order valence-electron chi connectivity index (χ3n) is 5.34. The molecule has 2 aliphatic carbocycles. The molecule has 0 aliphatic heterocycles. The first kappa shape index (κ1) is 14.1. The van der Waals surface area contributed by atoms with E-state index in [0.29, 0.717) is 6.04 Å². The molecule has 2 aliphatic rings. The molecule has 110 valence electrons. The van der Waals surface area contributed by atoms with Crippen LogP contribution in [0.25, 0.3) is 0 Å². The van der Waals surface area contributed by atoms with Gasteiger partial charge in [0.05, 0.1) is 0 Å². The van der Waals surface area contributed by atoms with Gasteiger partial charge < -0.3 is 5.32 Å². The van der Waals surface area contributed by atoms with Crippen molar-refractivity contribution < 1.29 is 0 Å². The molecule has 2 heteroatoms. The van der Waals surface area contributed by atoms with Crippen LogP contribution >= 0.6 is 0 Å². The van der Waals surface area contributed by atoms with Crippen molar-refractivity contribution in [2.45, 2.75) is 57.9 Å². The van der Waals surface area contributed by atoms with E-state index in [1.807, 2.05) is 12.3 Å². The van der Waals surface area contributed by atoms with Gasteiger partial charge in [-0.05, 0) is 68.5 Å². The zero-order chi connectivity index (χ0) is 13.8. The van der Waals surface area contributed by atoms with Crippen molar-refractivity contribution >= 4 is 0 Å². The quantitative estimate of drug-likeness (QED) is 0.816. The van der Waals surface area contributed by atoms with Gasteiger partial charge in [-0.25, -0.2) is 0 Å². The van der Waals surface area contributed by atoms with Gasteiger partial charge in [-0.2, -0.15) is 0 Å². The van der Waals surface area contributed by atoms with Crippen molar-refractivity contribution in [3.63, 3.8) is 0 Å². The van der Waals surface area contributed by atoms with E-state index in [1.54, 1.807) is 0 Å². The van der Waals surface area contributed by atoms with Gasteiger partial charge in [0.1, 0.15) is 0 Å². The Kier molecular flexibility index (Phi) is 4.72. The minimum absolute atomic E-state index is 0.620. The van der Waals surface area contributed by atoms with Crippen LogP contribution in [0.5, 0.6) is 0 Å². The highest BCUT2D eigenvalue weighted by Gasteiger charge is 2.39. The molecular formula is C18H28N2. The zero-order valence-corrected chi connectivity index (χ0v) is 12.7. The third kappa shape index (κ3) is 3.41. The molecule has 2 fully saturated rings. The van der Waals surface area contributed by atoms with E-state index in [2.05, 4.69) is 29.4 Å². The van der Waals surface area contributed by atoms with E-state index in [4.69, 9.17) is 0 Å². The summed E-state index contributed by atoms with van der Waals surface area (Å²) >= 11 is 0. The Bertz CT molecular complexity index is 403. The summed E-state index contributed by atoms with van der Waals surface area (Å²) in [5, 5.41) is 3.76. The van der Waals surface area contributed by atoms with Crippen molar-refractivity contribution in [2.75, 3.05) is 6.54 Å². The maximum Gasteiger partial charge on any atom is 0.0419 e. The van der Waals surface area contributed by atoms with Gasteiger partial charge in [0.15, 0.2) is 0 Å². The second-order valence-electron chi connectivity index (χ2n) is 6.85. The Morgan fingerprint density at radius 2 is 2.25 bits per heavy atom. The lowest BCUT2D eigenvalue weighted by Crippen LogP contribution is -2.35. The van der Waals surface area contributed by atoms with Crippen molar-refractivity contribution in [1.29, 1.82) is 0 Å². The van der Waals surface area contributed by atoms with Gasteiger partial charge in [0.2, 0.25) is 0 Å². The van der Waals surface area contributed by atoms with E-state index >= 15 is 0 Å². The number of hydrogen-bond acceptors (Lipinski definition) is 2. The summed E-state index contributed by atoms with van der Waals surface area (Å²) in [6.07, 6.45) is 11.6. The Morgan fingerprint density at radius 3 is 2.90 bits per heavy atom. The monoisotopic (exact) mass is 272 g/mol. The molecule has 4 atom stereocenters. The molecule has 0 radical (unpaired) electrons. The average Bonchev–Trinajstić information content (AvgIpc) is 3.08. The molecule has 1 aromatic rings. The van der Waals surface area contributed by atoms with E-state index < -0.39 is 0 Å². The van der Waals surface area contributed by atoms with E-state index in [1.165, 1.54) is 44.2 Å². The number of pyridine rings is 1. The van der Waals surface area contributed by atoms with Crippen LogP contribution in [0.2, 0.25) is 0 Å². The minimum Gasteiger partial charge on any atom is -0.314 e. The summed E-state index contributed by atoms with van der Waals surface area (Å²) in [6, 6.07) is 6.90. The van der Waals surface area contributed by atoms with Crippen LogP contribution in [0.1, 0.15) is 51.1 Å². The lowest BCUT2D eigenvalue weighted by Gasteiger charge is -2.27. The highest BCUT2D eigenvalue weighted by Crippen LogP contribution is 2.49. The molecule has 3 rings (SSSR count). The van der Waals surface area contributed by atoms with E-state index in [9.17, 15) is 0 Å². The molecule has 1 aromatic heterocycles. The first-order valence-electron chi connectivity index (χ1n) is 8.48. The van der Waals surface area contributed by atoms with Crippen LogP contribution in [-0.4, -0.2) is 17.6 Å². The SMILES string of the molecule is CCCNC(Cc1ccccn1)CC1CC2CCC1C2. The predicted octanol–water partition coefficient (Wildman–Crippen LogP) is 3.82. The van der Waals surface area contributed by atoms with Crippen molar-refractivity contribution in [3.05, 3.63) is 30.1 Å². The topological polar surface area (TPSA) is 24.9 Å². The summed E-state index contributed by atoms with van der Waals surface area (Å²) in [6.45, 7) is 3.39. The normalized spacial score (nSPS) is 29.8. The van der Waals surface area contributed by atoms with Crippen LogP contribution in [0.3, 0.4) is 0 Å². The van der Waals surface area contributed by atoms with Gasteiger partial charge in [0.25, 0.3) is 0 Å². The first-order valence-corrected chi connectivity index (χ1v) is 8.48.